The Morgan fingerprint density at radius 1 is 1.39 bits per heavy atom. The number of ether oxygens (including phenoxy) is 1. The predicted octanol–water partition coefficient (Wildman–Crippen LogP) is 2.19. The van der Waals surface area contributed by atoms with Gasteiger partial charge in [-0.1, -0.05) is 12.2 Å². The van der Waals surface area contributed by atoms with Gasteiger partial charge in [0.1, 0.15) is 4.99 Å². The summed E-state index contributed by atoms with van der Waals surface area (Å²) in [5.41, 5.74) is 5.34. The van der Waals surface area contributed by atoms with Crippen molar-refractivity contribution in [2.24, 2.45) is 5.73 Å². The minimum absolute atomic E-state index is 0.00308. The number of anilines is 1. The summed E-state index contributed by atoms with van der Waals surface area (Å²) >= 11 is 4.64. The summed E-state index contributed by atoms with van der Waals surface area (Å²) in [6.07, 6.45) is 1.78. The van der Waals surface area contributed by atoms with Gasteiger partial charge >= 0.3 is 0 Å². The summed E-state index contributed by atoms with van der Waals surface area (Å²) in [4.78, 5) is -0.154. The van der Waals surface area contributed by atoms with Gasteiger partial charge in [-0.05, 0) is 25.0 Å². The molecule has 18 heavy (non-hydrogen) atoms. The normalized spacial score (nSPS) is 19.6. The van der Waals surface area contributed by atoms with E-state index in [0.29, 0.717) is 6.61 Å². The van der Waals surface area contributed by atoms with Crippen LogP contribution in [0.25, 0.3) is 0 Å². The third-order valence-corrected chi connectivity index (χ3v) is 3.09. The van der Waals surface area contributed by atoms with E-state index in [2.05, 4.69) is 17.5 Å². The zero-order valence-corrected chi connectivity index (χ0v) is 10.5. The second kappa shape index (κ2) is 5.58. The monoisotopic (exact) mass is 272 g/mol. The standard InChI is InChI=1S/C12H14F2N2OS/c13-10-8(12(15)18)3-4-9(11(10)14)16-7-2-1-5-17-6-7/h3-4,7,16H,1-2,5-6H2,(H2,15,18). The highest BCUT2D eigenvalue weighted by Crippen LogP contribution is 2.22. The number of thiocarbonyl (C=S) groups is 1. The van der Waals surface area contributed by atoms with Gasteiger partial charge in [-0.3, -0.25) is 0 Å². The molecule has 1 aliphatic rings. The van der Waals surface area contributed by atoms with Gasteiger partial charge in [0.15, 0.2) is 11.6 Å². The largest absolute Gasteiger partial charge is 0.389 e. The van der Waals surface area contributed by atoms with Crippen LogP contribution in [-0.4, -0.2) is 24.2 Å². The SMILES string of the molecule is NC(=S)c1ccc(NC2CCCOC2)c(F)c1F. The molecule has 1 atom stereocenters. The van der Waals surface area contributed by atoms with E-state index in [1.807, 2.05) is 0 Å². The Labute approximate surface area is 109 Å². The summed E-state index contributed by atoms with van der Waals surface area (Å²) in [5, 5.41) is 2.93. The fourth-order valence-electron chi connectivity index (χ4n) is 1.93. The summed E-state index contributed by atoms with van der Waals surface area (Å²) in [6, 6.07) is 2.83. The van der Waals surface area contributed by atoms with Crippen LogP contribution in [0.3, 0.4) is 0 Å². The molecule has 0 amide bonds. The lowest BCUT2D eigenvalue weighted by Crippen LogP contribution is -2.30. The minimum atomic E-state index is -1.01. The Kier molecular flexibility index (Phi) is 4.08. The number of hydrogen-bond acceptors (Lipinski definition) is 3. The first-order valence-electron chi connectivity index (χ1n) is 5.71. The summed E-state index contributed by atoms with van der Waals surface area (Å²) in [7, 11) is 0. The molecule has 0 aromatic heterocycles. The molecular formula is C12H14F2N2OS. The highest BCUT2D eigenvalue weighted by atomic mass is 32.1. The fourth-order valence-corrected chi connectivity index (χ4v) is 2.08. The van der Waals surface area contributed by atoms with Gasteiger partial charge in [0.05, 0.1) is 12.3 Å². The highest BCUT2D eigenvalue weighted by molar-refractivity contribution is 7.80. The van der Waals surface area contributed by atoms with Crippen LogP contribution in [0.4, 0.5) is 14.5 Å². The van der Waals surface area contributed by atoms with Crippen molar-refractivity contribution in [3.63, 3.8) is 0 Å². The minimum Gasteiger partial charge on any atom is -0.389 e. The van der Waals surface area contributed by atoms with E-state index < -0.39 is 11.6 Å². The van der Waals surface area contributed by atoms with E-state index in [0.717, 1.165) is 19.4 Å². The zero-order chi connectivity index (χ0) is 13.1. The Hall–Kier alpha value is -1.27. The molecule has 1 heterocycles. The maximum Gasteiger partial charge on any atom is 0.182 e. The topological polar surface area (TPSA) is 47.3 Å². The van der Waals surface area contributed by atoms with Gasteiger partial charge in [0, 0.05) is 18.2 Å². The predicted molar refractivity (Wildman–Crippen MR) is 69.7 cm³/mol. The molecule has 3 nitrogen and oxygen atoms in total. The van der Waals surface area contributed by atoms with Crippen LogP contribution in [-0.2, 0) is 4.74 Å². The number of benzene rings is 1. The lowest BCUT2D eigenvalue weighted by atomic mass is 10.1. The van der Waals surface area contributed by atoms with E-state index in [9.17, 15) is 8.78 Å². The molecule has 1 unspecified atom stereocenters. The molecule has 1 aromatic rings. The number of hydrogen-bond donors (Lipinski definition) is 2. The van der Waals surface area contributed by atoms with Gasteiger partial charge < -0.3 is 15.8 Å². The van der Waals surface area contributed by atoms with Gasteiger partial charge in [-0.15, -0.1) is 0 Å². The van der Waals surface area contributed by atoms with Gasteiger partial charge in [0.2, 0.25) is 0 Å². The molecule has 1 aromatic carbocycles. The van der Waals surface area contributed by atoms with Gasteiger partial charge in [0.25, 0.3) is 0 Å². The molecule has 0 bridgehead atoms. The van der Waals surface area contributed by atoms with Gasteiger partial charge in [-0.2, -0.15) is 0 Å². The van der Waals surface area contributed by atoms with Crippen molar-refractivity contribution in [1.82, 2.24) is 0 Å². The smallest absolute Gasteiger partial charge is 0.182 e. The van der Waals surface area contributed by atoms with Crippen molar-refractivity contribution in [2.75, 3.05) is 18.5 Å². The average molecular weight is 272 g/mol. The van der Waals surface area contributed by atoms with Crippen LogP contribution in [0.1, 0.15) is 18.4 Å². The molecular weight excluding hydrogens is 258 g/mol. The van der Waals surface area contributed by atoms with Crippen LogP contribution in [0.2, 0.25) is 0 Å². The quantitative estimate of drug-likeness (QED) is 0.828. The molecule has 0 saturated carbocycles. The first-order chi connectivity index (χ1) is 8.59. The zero-order valence-electron chi connectivity index (χ0n) is 9.71. The number of halogens is 2. The van der Waals surface area contributed by atoms with E-state index in [4.69, 9.17) is 10.5 Å². The average Bonchev–Trinajstić information content (AvgIpc) is 2.36. The van der Waals surface area contributed by atoms with Crippen LogP contribution in [0, 0.1) is 11.6 Å². The third-order valence-electron chi connectivity index (χ3n) is 2.87. The first-order valence-corrected chi connectivity index (χ1v) is 6.12. The molecule has 1 aliphatic heterocycles. The van der Waals surface area contributed by atoms with Crippen LogP contribution in [0.5, 0.6) is 0 Å². The van der Waals surface area contributed by atoms with Gasteiger partial charge in [-0.25, -0.2) is 8.78 Å². The van der Waals surface area contributed by atoms with Crippen LogP contribution in [0.15, 0.2) is 12.1 Å². The Morgan fingerprint density at radius 3 is 2.78 bits per heavy atom. The summed E-state index contributed by atoms with van der Waals surface area (Å²) in [5.74, 6) is -1.96. The maximum absolute atomic E-state index is 13.8. The molecule has 2 rings (SSSR count). The second-order valence-corrected chi connectivity index (χ2v) is 4.65. The van der Waals surface area contributed by atoms with Crippen molar-refractivity contribution in [3.05, 3.63) is 29.3 Å². The second-order valence-electron chi connectivity index (χ2n) is 4.21. The maximum atomic E-state index is 13.8. The van der Waals surface area contributed by atoms with E-state index in [-0.39, 0.29) is 22.3 Å². The number of nitrogens with two attached hydrogens (primary N) is 1. The third kappa shape index (κ3) is 2.76. The fraction of sp³-hybridized carbons (Fsp3) is 0.417. The Balaban J connectivity index is 2.18. The summed E-state index contributed by atoms with van der Waals surface area (Å²) in [6.45, 7) is 1.22. The van der Waals surface area contributed by atoms with Crippen molar-refractivity contribution in [1.29, 1.82) is 0 Å². The number of rotatable bonds is 3. The van der Waals surface area contributed by atoms with E-state index in [1.54, 1.807) is 0 Å². The van der Waals surface area contributed by atoms with Crippen molar-refractivity contribution in [2.45, 2.75) is 18.9 Å². The van der Waals surface area contributed by atoms with E-state index in [1.165, 1.54) is 12.1 Å². The van der Waals surface area contributed by atoms with Crippen LogP contribution >= 0.6 is 12.2 Å². The first kappa shape index (κ1) is 13.2. The van der Waals surface area contributed by atoms with Crippen LogP contribution < -0.4 is 11.1 Å². The lowest BCUT2D eigenvalue weighted by Gasteiger charge is -2.24. The molecule has 1 saturated heterocycles. The molecule has 6 heteroatoms. The molecule has 98 valence electrons. The van der Waals surface area contributed by atoms with Crippen molar-refractivity contribution >= 4 is 22.9 Å². The van der Waals surface area contributed by atoms with Crippen molar-refractivity contribution in [3.8, 4) is 0 Å². The van der Waals surface area contributed by atoms with Crippen molar-refractivity contribution < 1.29 is 13.5 Å². The molecule has 3 N–H and O–H groups in total. The number of nitrogens with one attached hydrogen (secondary N) is 1. The highest BCUT2D eigenvalue weighted by Gasteiger charge is 2.19. The lowest BCUT2D eigenvalue weighted by molar-refractivity contribution is 0.0875. The Bertz CT molecular complexity index is 462. The molecule has 0 spiro atoms. The molecule has 1 fully saturated rings. The Morgan fingerprint density at radius 2 is 2.17 bits per heavy atom. The van der Waals surface area contributed by atoms with E-state index >= 15 is 0 Å². The molecule has 0 aliphatic carbocycles. The summed E-state index contributed by atoms with van der Waals surface area (Å²) < 4.78 is 32.7. The molecule has 0 radical (unpaired) electrons.